The topological polar surface area (TPSA) is 68.3 Å². The fraction of sp³-hybridized carbons (Fsp3) is 0.455. The number of thiazole rings is 1. The highest BCUT2D eigenvalue weighted by Gasteiger charge is 2.15. The molecule has 2 aromatic heterocycles. The lowest BCUT2D eigenvalue weighted by Gasteiger charge is -2.12. The largest absolute Gasteiger partial charge is 0.361 e. The van der Waals surface area contributed by atoms with Gasteiger partial charge in [-0.15, -0.1) is 35.3 Å². The number of nitrogens with zero attached hydrogens (tertiary/aromatic N) is 3. The molecule has 1 aromatic carbocycles. The number of guanidine groups is 1. The van der Waals surface area contributed by atoms with E-state index in [0.29, 0.717) is 0 Å². The zero-order valence-corrected chi connectivity index (χ0v) is 20.6. The van der Waals surface area contributed by atoms with Crippen LogP contribution in [-0.4, -0.2) is 48.7 Å². The second-order valence-electron chi connectivity index (χ2n) is 7.36. The van der Waals surface area contributed by atoms with Crippen LogP contribution in [0.2, 0.25) is 0 Å². The molecule has 1 aliphatic rings. The van der Waals surface area contributed by atoms with Crippen LogP contribution in [0.5, 0.6) is 0 Å². The number of H-pyrrole nitrogens is 1. The van der Waals surface area contributed by atoms with Crippen LogP contribution in [0.15, 0.2) is 40.8 Å². The summed E-state index contributed by atoms with van der Waals surface area (Å²) in [5.41, 5.74) is 3.68. The van der Waals surface area contributed by atoms with E-state index in [4.69, 9.17) is 9.98 Å². The van der Waals surface area contributed by atoms with Crippen molar-refractivity contribution in [3.8, 4) is 0 Å². The molecule has 0 unspecified atom stereocenters. The quantitative estimate of drug-likeness (QED) is 0.229. The van der Waals surface area contributed by atoms with E-state index in [1.807, 2.05) is 0 Å². The zero-order valence-electron chi connectivity index (χ0n) is 17.5. The number of aromatic nitrogens is 2. The zero-order chi connectivity index (χ0) is 19.9. The standard InChI is InChI=1S/C22H30N6S.HI/c1-2-23-21(24-11-9-17-15-26-20-8-4-3-7-19(17)20)25-12-10-18-16-29-22(27-18)28-13-5-6-14-28;/h3-4,7-8,15-16,26H,2,5-6,9-14H2,1H3,(H2,23,24,25);1H. The van der Waals surface area contributed by atoms with Crippen LogP contribution in [0.1, 0.15) is 31.0 Å². The number of aliphatic imine (C=N–C) groups is 1. The first-order valence-electron chi connectivity index (χ1n) is 10.6. The molecule has 0 aliphatic carbocycles. The summed E-state index contributed by atoms with van der Waals surface area (Å²) in [6.45, 7) is 6.84. The number of hydrogen-bond donors (Lipinski definition) is 3. The molecule has 0 radical (unpaired) electrons. The summed E-state index contributed by atoms with van der Waals surface area (Å²) < 4.78 is 0. The van der Waals surface area contributed by atoms with E-state index in [2.05, 4.69) is 63.3 Å². The van der Waals surface area contributed by atoms with E-state index in [1.54, 1.807) is 11.3 Å². The number of hydrogen-bond acceptors (Lipinski definition) is 4. The van der Waals surface area contributed by atoms with Crippen molar-refractivity contribution in [3.05, 3.63) is 47.1 Å². The molecule has 8 heteroatoms. The molecule has 3 aromatic rings. The van der Waals surface area contributed by atoms with Gasteiger partial charge >= 0.3 is 0 Å². The average Bonchev–Trinajstić information content (AvgIpc) is 3.49. The molecule has 6 nitrogen and oxygen atoms in total. The Hall–Kier alpha value is -1.81. The Morgan fingerprint density at radius 3 is 2.87 bits per heavy atom. The summed E-state index contributed by atoms with van der Waals surface area (Å²) in [5.74, 6) is 0.877. The molecule has 0 saturated carbocycles. The maximum Gasteiger partial charge on any atom is 0.191 e. The summed E-state index contributed by atoms with van der Waals surface area (Å²) in [6, 6.07) is 8.44. The number of halogens is 1. The lowest BCUT2D eigenvalue weighted by molar-refractivity contribution is 0.796. The Bertz CT molecular complexity index is 944. The molecular formula is C22H31IN6S. The number of benzene rings is 1. The summed E-state index contributed by atoms with van der Waals surface area (Å²) in [7, 11) is 0. The molecule has 1 fully saturated rings. The monoisotopic (exact) mass is 538 g/mol. The van der Waals surface area contributed by atoms with Crippen LogP contribution in [0.25, 0.3) is 10.9 Å². The van der Waals surface area contributed by atoms with Crippen LogP contribution < -0.4 is 15.5 Å². The molecule has 3 N–H and O–H groups in total. The minimum Gasteiger partial charge on any atom is -0.361 e. The van der Waals surface area contributed by atoms with Gasteiger partial charge in [0.05, 0.1) is 5.69 Å². The molecule has 1 saturated heterocycles. The van der Waals surface area contributed by atoms with Gasteiger partial charge in [0.15, 0.2) is 11.1 Å². The predicted molar refractivity (Wildman–Crippen MR) is 139 cm³/mol. The second kappa shape index (κ2) is 11.5. The minimum atomic E-state index is 0. The maximum atomic E-state index is 4.79. The number of aromatic amines is 1. The van der Waals surface area contributed by atoms with Crippen molar-refractivity contribution < 1.29 is 0 Å². The Morgan fingerprint density at radius 2 is 2.03 bits per heavy atom. The van der Waals surface area contributed by atoms with Gasteiger partial charge in [0.25, 0.3) is 0 Å². The molecule has 30 heavy (non-hydrogen) atoms. The Kier molecular flexibility index (Phi) is 8.80. The highest BCUT2D eigenvalue weighted by atomic mass is 127. The van der Waals surface area contributed by atoms with Gasteiger partial charge in [0.2, 0.25) is 0 Å². The van der Waals surface area contributed by atoms with Crippen LogP contribution in [-0.2, 0) is 12.8 Å². The first-order chi connectivity index (χ1) is 14.3. The van der Waals surface area contributed by atoms with Crippen molar-refractivity contribution in [2.45, 2.75) is 32.6 Å². The smallest absolute Gasteiger partial charge is 0.191 e. The van der Waals surface area contributed by atoms with E-state index in [0.717, 1.165) is 57.2 Å². The fourth-order valence-electron chi connectivity index (χ4n) is 3.74. The highest BCUT2D eigenvalue weighted by Crippen LogP contribution is 2.24. The maximum absolute atomic E-state index is 4.79. The second-order valence-corrected chi connectivity index (χ2v) is 8.20. The van der Waals surface area contributed by atoms with E-state index >= 15 is 0 Å². The van der Waals surface area contributed by atoms with Gasteiger partial charge in [0.1, 0.15) is 0 Å². The molecule has 0 amide bonds. The first kappa shape index (κ1) is 22.9. The lowest BCUT2D eigenvalue weighted by Crippen LogP contribution is -2.38. The van der Waals surface area contributed by atoms with Crippen LogP contribution in [0.4, 0.5) is 5.13 Å². The van der Waals surface area contributed by atoms with Gasteiger partial charge in [-0.2, -0.15) is 0 Å². The van der Waals surface area contributed by atoms with E-state index < -0.39 is 0 Å². The van der Waals surface area contributed by atoms with Crippen LogP contribution >= 0.6 is 35.3 Å². The SMILES string of the molecule is CCNC(=NCCc1csc(N2CCCC2)n1)NCCc1c[nH]c2ccccc12.I. The molecule has 162 valence electrons. The predicted octanol–water partition coefficient (Wildman–Crippen LogP) is 4.18. The molecule has 0 spiro atoms. The Balaban J connectivity index is 0.00000256. The third-order valence-electron chi connectivity index (χ3n) is 5.26. The molecule has 4 rings (SSSR count). The van der Waals surface area contributed by atoms with E-state index in [9.17, 15) is 0 Å². The van der Waals surface area contributed by atoms with E-state index in [-0.39, 0.29) is 24.0 Å². The molecule has 3 heterocycles. The minimum absolute atomic E-state index is 0. The highest BCUT2D eigenvalue weighted by molar-refractivity contribution is 14.0. The lowest BCUT2D eigenvalue weighted by atomic mass is 10.1. The first-order valence-corrected chi connectivity index (χ1v) is 11.5. The molecular weight excluding hydrogens is 507 g/mol. The summed E-state index contributed by atoms with van der Waals surface area (Å²) >= 11 is 1.76. The van der Waals surface area contributed by atoms with Gasteiger partial charge in [-0.25, -0.2) is 4.98 Å². The van der Waals surface area contributed by atoms with Crippen molar-refractivity contribution in [2.24, 2.45) is 4.99 Å². The van der Waals surface area contributed by atoms with Crippen molar-refractivity contribution in [1.29, 1.82) is 0 Å². The summed E-state index contributed by atoms with van der Waals surface area (Å²) in [5, 5.41) is 11.5. The van der Waals surface area contributed by atoms with Gasteiger partial charge in [-0.3, -0.25) is 4.99 Å². The van der Waals surface area contributed by atoms with Crippen molar-refractivity contribution in [1.82, 2.24) is 20.6 Å². The summed E-state index contributed by atoms with van der Waals surface area (Å²) in [4.78, 5) is 15.3. The Morgan fingerprint density at radius 1 is 1.20 bits per heavy atom. The van der Waals surface area contributed by atoms with Crippen molar-refractivity contribution >= 4 is 57.3 Å². The molecule has 1 aliphatic heterocycles. The number of rotatable bonds is 8. The number of para-hydroxylation sites is 1. The van der Waals surface area contributed by atoms with Crippen LogP contribution in [0.3, 0.4) is 0 Å². The third-order valence-corrected chi connectivity index (χ3v) is 6.21. The van der Waals surface area contributed by atoms with E-state index in [1.165, 1.54) is 34.4 Å². The fourth-order valence-corrected chi connectivity index (χ4v) is 4.66. The molecule has 0 bridgehead atoms. The van der Waals surface area contributed by atoms with Crippen molar-refractivity contribution in [2.75, 3.05) is 37.6 Å². The Labute approximate surface area is 199 Å². The van der Waals surface area contributed by atoms with Gasteiger partial charge in [0, 0.05) is 61.6 Å². The van der Waals surface area contributed by atoms with Crippen LogP contribution in [0, 0.1) is 0 Å². The third kappa shape index (κ3) is 5.87. The average molecular weight is 539 g/mol. The van der Waals surface area contributed by atoms with Gasteiger partial charge in [-0.05, 0) is 37.8 Å². The van der Waals surface area contributed by atoms with Crippen molar-refractivity contribution in [3.63, 3.8) is 0 Å². The number of nitrogens with one attached hydrogen (secondary N) is 3. The number of fused-ring (bicyclic) bond motifs is 1. The normalized spacial score (nSPS) is 14.2. The summed E-state index contributed by atoms with van der Waals surface area (Å²) in [6.07, 6.45) is 6.52. The number of anilines is 1. The molecule has 0 atom stereocenters. The van der Waals surface area contributed by atoms with Gasteiger partial charge < -0.3 is 20.5 Å². The van der Waals surface area contributed by atoms with Gasteiger partial charge in [-0.1, -0.05) is 18.2 Å².